The van der Waals surface area contributed by atoms with Gasteiger partial charge in [-0.05, 0) is 61.2 Å². The topological polar surface area (TPSA) is 99.4 Å². The molecular formula is C25H26BrF3N4O4. The van der Waals surface area contributed by atoms with Gasteiger partial charge in [0.1, 0.15) is 16.3 Å². The van der Waals surface area contributed by atoms with E-state index in [1.165, 1.54) is 0 Å². The van der Waals surface area contributed by atoms with E-state index in [4.69, 9.17) is 13.9 Å². The summed E-state index contributed by atoms with van der Waals surface area (Å²) in [6, 6.07) is 10.2. The van der Waals surface area contributed by atoms with Gasteiger partial charge in [-0.1, -0.05) is 36.4 Å². The zero-order valence-electron chi connectivity index (χ0n) is 20.4. The lowest BCUT2D eigenvalue weighted by Gasteiger charge is -2.20. The minimum atomic E-state index is -4.74. The average Bonchev–Trinajstić information content (AvgIpc) is 3.28. The molecule has 0 aliphatic carbocycles. The lowest BCUT2D eigenvalue weighted by molar-refractivity contribution is -0.138. The van der Waals surface area contributed by atoms with Crippen LogP contribution in [0.15, 0.2) is 58.1 Å². The highest BCUT2D eigenvalue weighted by molar-refractivity contribution is 9.10. The van der Waals surface area contributed by atoms with E-state index in [9.17, 15) is 18.0 Å². The van der Waals surface area contributed by atoms with Gasteiger partial charge in [-0.25, -0.2) is 9.78 Å². The molecule has 3 aromatic rings. The lowest BCUT2D eigenvalue weighted by atomic mass is 10.2. The number of amides is 1. The van der Waals surface area contributed by atoms with Gasteiger partial charge >= 0.3 is 12.3 Å². The Balaban J connectivity index is 1.95. The van der Waals surface area contributed by atoms with Crippen molar-refractivity contribution in [3.63, 3.8) is 0 Å². The lowest BCUT2D eigenvalue weighted by Crippen LogP contribution is -2.27. The van der Waals surface area contributed by atoms with Crippen molar-refractivity contribution in [2.75, 3.05) is 5.32 Å². The normalized spacial score (nSPS) is 12.7. The maximum absolute atomic E-state index is 13.5. The molecule has 0 saturated heterocycles. The molecule has 1 unspecified atom stereocenters. The van der Waals surface area contributed by atoms with Crippen molar-refractivity contribution in [1.29, 1.82) is 0 Å². The SMILES string of the molecule is C=CCCC(OCc1ccccc1)c1nnc(-c2nc(Br)c(C(F)(F)F)cc2NC(=O)OC(C)(C)C)o1. The number of aromatic nitrogens is 3. The van der Waals surface area contributed by atoms with E-state index in [1.54, 1.807) is 26.8 Å². The first-order chi connectivity index (χ1) is 17.4. The predicted octanol–water partition coefficient (Wildman–Crippen LogP) is 7.48. The molecule has 8 nitrogen and oxygen atoms in total. The third kappa shape index (κ3) is 8.12. The highest BCUT2D eigenvalue weighted by Gasteiger charge is 2.36. The van der Waals surface area contributed by atoms with Gasteiger partial charge in [-0.3, -0.25) is 5.32 Å². The van der Waals surface area contributed by atoms with E-state index in [2.05, 4.69) is 43.0 Å². The zero-order valence-corrected chi connectivity index (χ0v) is 22.0. The Labute approximate surface area is 220 Å². The third-order valence-corrected chi connectivity index (χ3v) is 5.37. The fraction of sp³-hybridized carbons (Fsp3) is 0.360. The fourth-order valence-electron chi connectivity index (χ4n) is 3.14. The molecule has 0 spiro atoms. The molecule has 3 rings (SSSR count). The van der Waals surface area contributed by atoms with Crippen molar-refractivity contribution in [2.24, 2.45) is 0 Å². The molecule has 2 aromatic heterocycles. The van der Waals surface area contributed by atoms with E-state index in [0.29, 0.717) is 12.8 Å². The van der Waals surface area contributed by atoms with Crippen LogP contribution in [0.4, 0.5) is 23.7 Å². The first-order valence-corrected chi connectivity index (χ1v) is 12.0. The average molecular weight is 583 g/mol. The van der Waals surface area contributed by atoms with Crippen LogP contribution in [0.5, 0.6) is 0 Å². The van der Waals surface area contributed by atoms with Crippen molar-refractivity contribution in [2.45, 2.75) is 58.1 Å². The molecule has 0 bridgehead atoms. The minimum Gasteiger partial charge on any atom is -0.444 e. The molecule has 12 heteroatoms. The van der Waals surface area contributed by atoms with Crippen LogP contribution < -0.4 is 5.32 Å². The Morgan fingerprint density at radius 2 is 1.92 bits per heavy atom. The summed E-state index contributed by atoms with van der Waals surface area (Å²) in [5.74, 6) is -0.101. The molecule has 1 N–H and O–H groups in total. The van der Waals surface area contributed by atoms with E-state index in [-0.39, 0.29) is 29.8 Å². The van der Waals surface area contributed by atoms with Gasteiger partial charge in [0.2, 0.25) is 5.89 Å². The molecule has 1 atom stereocenters. The van der Waals surface area contributed by atoms with Gasteiger partial charge in [-0.15, -0.1) is 16.8 Å². The summed E-state index contributed by atoms with van der Waals surface area (Å²) in [5.41, 5.74) is -1.53. The fourth-order valence-corrected chi connectivity index (χ4v) is 3.66. The van der Waals surface area contributed by atoms with E-state index in [0.717, 1.165) is 11.6 Å². The van der Waals surface area contributed by atoms with E-state index < -0.39 is 34.1 Å². The van der Waals surface area contributed by atoms with Crippen molar-refractivity contribution in [1.82, 2.24) is 15.2 Å². The maximum atomic E-state index is 13.5. The molecule has 1 aromatic carbocycles. The van der Waals surface area contributed by atoms with Crippen LogP contribution in [0.1, 0.15) is 56.7 Å². The molecule has 0 radical (unpaired) electrons. The van der Waals surface area contributed by atoms with Gasteiger partial charge < -0.3 is 13.9 Å². The zero-order chi connectivity index (χ0) is 27.2. The number of halogens is 4. The largest absolute Gasteiger partial charge is 0.444 e. The first kappa shape index (κ1) is 28.3. The van der Waals surface area contributed by atoms with Crippen molar-refractivity contribution in [3.05, 3.63) is 70.7 Å². The minimum absolute atomic E-state index is 0.105. The molecule has 2 heterocycles. The number of benzene rings is 1. The Morgan fingerprint density at radius 1 is 1.22 bits per heavy atom. The molecule has 37 heavy (non-hydrogen) atoms. The molecular weight excluding hydrogens is 557 g/mol. The highest BCUT2D eigenvalue weighted by atomic mass is 79.9. The molecule has 0 aliphatic heterocycles. The quantitative estimate of drug-likeness (QED) is 0.206. The molecule has 0 aliphatic rings. The summed E-state index contributed by atoms with van der Waals surface area (Å²) < 4.78 is 57.1. The van der Waals surface area contributed by atoms with Gasteiger partial charge in [0.05, 0.1) is 17.9 Å². The number of nitrogens with one attached hydrogen (secondary N) is 1. The third-order valence-electron chi connectivity index (χ3n) is 4.76. The van der Waals surface area contributed by atoms with E-state index >= 15 is 0 Å². The summed E-state index contributed by atoms with van der Waals surface area (Å²) >= 11 is 2.85. The number of allylic oxidation sites excluding steroid dienone is 1. The number of rotatable bonds is 9. The summed E-state index contributed by atoms with van der Waals surface area (Å²) in [6.45, 7) is 8.86. The standard InChI is InChI=1S/C25H26BrF3N4O4/c1-5-6-12-18(35-14-15-10-8-7-9-11-15)21-32-33-22(36-21)19-17(30-23(34)37-24(2,3)4)13-16(20(26)31-19)25(27,28)29/h5,7-11,13,18H,1,6,12,14H2,2-4H3,(H,30,34). The van der Waals surface area contributed by atoms with Gasteiger partial charge in [0.25, 0.3) is 5.89 Å². The van der Waals surface area contributed by atoms with Gasteiger partial charge in [0.15, 0.2) is 5.69 Å². The van der Waals surface area contributed by atoms with Gasteiger partial charge in [0, 0.05) is 0 Å². The van der Waals surface area contributed by atoms with Crippen molar-refractivity contribution < 1.29 is 31.9 Å². The molecule has 198 valence electrons. The van der Waals surface area contributed by atoms with Crippen LogP contribution in [0.2, 0.25) is 0 Å². The second-order valence-electron chi connectivity index (χ2n) is 8.94. The summed E-state index contributed by atoms with van der Waals surface area (Å²) in [7, 11) is 0. The van der Waals surface area contributed by atoms with Crippen LogP contribution in [-0.4, -0.2) is 26.9 Å². The summed E-state index contributed by atoms with van der Waals surface area (Å²) in [4.78, 5) is 16.3. The van der Waals surface area contributed by atoms with Crippen molar-refractivity contribution in [3.8, 4) is 11.6 Å². The van der Waals surface area contributed by atoms with Crippen LogP contribution in [0.3, 0.4) is 0 Å². The predicted molar refractivity (Wildman–Crippen MR) is 133 cm³/mol. The Hall–Kier alpha value is -3.25. The first-order valence-electron chi connectivity index (χ1n) is 11.3. The molecule has 1 amide bonds. The number of carbonyl (C=O) groups excluding carboxylic acids is 1. The number of alkyl halides is 3. The highest BCUT2D eigenvalue weighted by Crippen LogP contribution is 2.39. The number of anilines is 1. The van der Waals surface area contributed by atoms with Crippen LogP contribution >= 0.6 is 15.9 Å². The number of ether oxygens (including phenoxy) is 2. The van der Waals surface area contributed by atoms with E-state index in [1.807, 2.05) is 30.3 Å². The Morgan fingerprint density at radius 3 is 2.54 bits per heavy atom. The van der Waals surface area contributed by atoms with Crippen LogP contribution in [0.25, 0.3) is 11.6 Å². The van der Waals surface area contributed by atoms with Gasteiger partial charge in [-0.2, -0.15) is 13.2 Å². The summed E-state index contributed by atoms with van der Waals surface area (Å²) in [6.07, 6.45) is -3.54. The van der Waals surface area contributed by atoms with Crippen molar-refractivity contribution >= 4 is 27.7 Å². The Kier molecular flexibility index (Phi) is 9.08. The number of hydrogen-bond donors (Lipinski definition) is 1. The second kappa shape index (κ2) is 11.9. The smallest absolute Gasteiger partial charge is 0.419 e. The molecule has 0 saturated carbocycles. The number of carbonyl (C=O) groups is 1. The monoisotopic (exact) mass is 582 g/mol. The molecule has 0 fully saturated rings. The van der Waals surface area contributed by atoms with Crippen LogP contribution in [-0.2, 0) is 22.3 Å². The van der Waals surface area contributed by atoms with Crippen LogP contribution in [0, 0.1) is 0 Å². The maximum Gasteiger partial charge on any atom is 0.419 e. The number of pyridine rings is 1. The number of hydrogen-bond acceptors (Lipinski definition) is 7. The Bertz CT molecular complexity index is 1230. The summed E-state index contributed by atoms with van der Waals surface area (Å²) in [5, 5.41) is 10.3. The number of nitrogens with zero attached hydrogens (tertiary/aromatic N) is 3. The second-order valence-corrected chi connectivity index (χ2v) is 9.70.